The van der Waals surface area contributed by atoms with E-state index in [2.05, 4.69) is 5.32 Å². The van der Waals surface area contributed by atoms with Crippen LogP contribution in [0, 0.1) is 5.41 Å². The molecule has 0 aromatic heterocycles. The number of carbonyl (C=O) groups excluding carboxylic acids is 3. The number of amides is 3. The fraction of sp³-hybridized carbons (Fsp3) is 0.714. The number of rotatable bonds is 7. The van der Waals surface area contributed by atoms with Crippen molar-refractivity contribution in [3.8, 4) is 0 Å². The first-order chi connectivity index (χ1) is 10.4. The highest BCUT2D eigenvalue weighted by Crippen LogP contribution is 2.46. The van der Waals surface area contributed by atoms with Crippen molar-refractivity contribution >= 4 is 35.5 Å². The lowest BCUT2D eigenvalue weighted by Gasteiger charge is -2.20. The maximum atomic E-state index is 12.4. The third kappa shape index (κ3) is 3.79. The predicted molar refractivity (Wildman–Crippen MR) is 80.2 cm³/mol. The van der Waals surface area contributed by atoms with Gasteiger partial charge in [0.25, 0.3) is 0 Å². The highest BCUT2D eigenvalue weighted by Gasteiger charge is 2.52. The number of nitrogens with zero attached hydrogens (tertiary/aromatic N) is 1. The monoisotopic (exact) mass is 328 g/mol. The summed E-state index contributed by atoms with van der Waals surface area (Å²) in [6.07, 6.45) is 3.85. The lowest BCUT2D eigenvalue weighted by molar-refractivity contribution is -0.141. The van der Waals surface area contributed by atoms with Gasteiger partial charge in [0.2, 0.25) is 17.7 Å². The van der Waals surface area contributed by atoms with Crippen LogP contribution in [0.3, 0.4) is 0 Å². The van der Waals surface area contributed by atoms with Gasteiger partial charge >= 0.3 is 5.97 Å². The number of carbonyl (C=O) groups is 4. The second-order valence-electron chi connectivity index (χ2n) is 5.75. The van der Waals surface area contributed by atoms with Crippen LogP contribution in [0.1, 0.15) is 32.1 Å². The molecule has 22 heavy (non-hydrogen) atoms. The number of aliphatic carboxylic acids is 1. The Bertz CT molecular complexity index is 488. The maximum Gasteiger partial charge on any atom is 0.313 e. The topological polar surface area (TPSA) is 104 Å². The summed E-state index contributed by atoms with van der Waals surface area (Å²) in [5.74, 6) is -1.57. The summed E-state index contributed by atoms with van der Waals surface area (Å²) in [4.78, 5) is 47.5. The highest BCUT2D eigenvalue weighted by atomic mass is 32.2. The molecule has 1 heterocycles. The lowest BCUT2D eigenvalue weighted by Crippen LogP contribution is -2.40. The van der Waals surface area contributed by atoms with Crippen molar-refractivity contribution in [3.63, 3.8) is 0 Å². The van der Waals surface area contributed by atoms with Gasteiger partial charge in [0.15, 0.2) is 0 Å². The van der Waals surface area contributed by atoms with Crippen molar-refractivity contribution in [2.24, 2.45) is 5.41 Å². The van der Waals surface area contributed by atoms with Crippen LogP contribution in [-0.2, 0) is 19.2 Å². The molecule has 8 heteroatoms. The summed E-state index contributed by atoms with van der Waals surface area (Å²) in [7, 11) is 0. The van der Waals surface area contributed by atoms with Crippen LogP contribution < -0.4 is 5.32 Å². The molecule has 2 fully saturated rings. The van der Waals surface area contributed by atoms with Crippen molar-refractivity contribution in [1.29, 1.82) is 0 Å². The largest absolute Gasteiger partial charge is 0.481 e. The van der Waals surface area contributed by atoms with Gasteiger partial charge < -0.3 is 10.4 Å². The molecule has 0 aromatic carbocycles. The zero-order chi connectivity index (χ0) is 16.2. The number of imide groups is 1. The Morgan fingerprint density at radius 1 is 1.23 bits per heavy atom. The third-order valence-corrected chi connectivity index (χ3v) is 5.08. The van der Waals surface area contributed by atoms with Gasteiger partial charge in [0.1, 0.15) is 0 Å². The SMILES string of the molecule is O=C(O)CSCC(=O)NCCN1C(=O)CC2(CCCC2)C1=O. The van der Waals surface area contributed by atoms with Crippen LogP contribution in [0.4, 0.5) is 0 Å². The summed E-state index contributed by atoms with van der Waals surface area (Å²) in [6, 6.07) is 0. The fourth-order valence-corrected chi connectivity index (χ4v) is 3.68. The van der Waals surface area contributed by atoms with Crippen LogP contribution in [0.15, 0.2) is 0 Å². The molecular weight excluding hydrogens is 308 g/mol. The summed E-state index contributed by atoms with van der Waals surface area (Å²) in [5, 5.41) is 11.1. The van der Waals surface area contributed by atoms with E-state index >= 15 is 0 Å². The second kappa shape index (κ2) is 7.13. The molecule has 0 aromatic rings. The quantitative estimate of drug-likeness (QED) is 0.649. The average Bonchev–Trinajstić information content (AvgIpc) is 2.99. The van der Waals surface area contributed by atoms with Crippen LogP contribution in [0.25, 0.3) is 0 Å². The van der Waals surface area contributed by atoms with E-state index in [-0.39, 0.29) is 42.3 Å². The third-order valence-electron chi connectivity index (χ3n) is 4.17. The Morgan fingerprint density at radius 3 is 2.55 bits per heavy atom. The summed E-state index contributed by atoms with van der Waals surface area (Å²) in [5.41, 5.74) is -0.474. The molecule has 0 bridgehead atoms. The molecule has 7 nitrogen and oxygen atoms in total. The molecule has 1 spiro atoms. The van der Waals surface area contributed by atoms with E-state index in [1.807, 2.05) is 0 Å². The fourth-order valence-electron chi connectivity index (χ4n) is 3.12. The first-order valence-corrected chi connectivity index (χ1v) is 8.51. The molecule has 0 atom stereocenters. The maximum absolute atomic E-state index is 12.4. The minimum absolute atomic E-state index is 0.0537. The lowest BCUT2D eigenvalue weighted by atomic mass is 9.84. The summed E-state index contributed by atoms with van der Waals surface area (Å²) >= 11 is 1.01. The molecule has 3 amide bonds. The van der Waals surface area contributed by atoms with Gasteiger partial charge in [0.05, 0.1) is 16.9 Å². The molecule has 2 rings (SSSR count). The van der Waals surface area contributed by atoms with Gasteiger partial charge in [0, 0.05) is 19.5 Å². The zero-order valence-corrected chi connectivity index (χ0v) is 13.1. The van der Waals surface area contributed by atoms with Crippen LogP contribution in [0.2, 0.25) is 0 Å². The molecular formula is C14H20N2O5S. The molecule has 1 aliphatic carbocycles. The van der Waals surface area contributed by atoms with Crippen LogP contribution >= 0.6 is 11.8 Å². The van der Waals surface area contributed by atoms with E-state index in [9.17, 15) is 19.2 Å². The van der Waals surface area contributed by atoms with E-state index in [4.69, 9.17) is 5.11 Å². The van der Waals surface area contributed by atoms with Crippen molar-refractivity contribution in [2.45, 2.75) is 32.1 Å². The van der Waals surface area contributed by atoms with Crippen molar-refractivity contribution < 1.29 is 24.3 Å². The number of hydrogen-bond acceptors (Lipinski definition) is 5. The van der Waals surface area contributed by atoms with Gasteiger partial charge in [-0.05, 0) is 12.8 Å². The first-order valence-electron chi connectivity index (χ1n) is 7.36. The Hall–Kier alpha value is -1.57. The van der Waals surface area contributed by atoms with Crippen LogP contribution in [0.5, 0.6) is 0 Å². The molecule has 122 valence electrons. The molecule has 1 aliphatic heterocycles. The van der Waals surface area contributed by atoms with Gasteiger partial charge in [-0.15, -0.1) is 11.8 Å². The van der Waals surface area contributed by atoms with Gasteiger partial charge in [-0.1, -0.05) is 12.8 Å². The van der Waals surface area contributed by atoms with E-state index in [1.165, 1.54) is 4.90 Å². The Labute approximate surface area is 132 Å². The molecule has 0 unspecified atom stereocenters. The summed E-state index contributed by atoms with van der Waals surface area (Å²) < 4.78 is 0. The molecule has 2 aliphatic rings. The molecule has 1 saturated carbocycles. The van der Waals surface area contributed by atoms with Crippen molar-refractivity contribution in [1.82, 2.24) is 10.2 Å². The zero-order valence-electron chi connectivity index (χ0n) is 12.3. The minimum Gasteiger partial charge on any atom is -0.481 e. The number of likely N-dealkylation sites (tertiary alicyclic amines) is 1. The number of thioether (sulfide) groups is 1. The number of carboxylic acids is 1. The Balaban J connectivity index is 1.73. The van der Waals surface area contributed by atoms with E-state index in [1.54, 1.807) is 0 Å². The molecule has 0 radical (unpaired) electrons. The average molecular weight is 328 g/mol. The van der Waals surface area contributed by atoms with Crippen molar-refractivity contribution in [2.75, 3.05) is 24.6 Å². The summed E-state index contributed by atoms with van der Waals surface area (Å²) in [6.45, 7) is 0.398. The number of hydrogen-bond donors (Lipinski definition) is 2. The van der Waals surface area contributed by atoms with Gasteiger partial charge in [-0.3, -0.25) is 24.1 Å². The van der Waals surface area contributed by atoms with Gasteiger partial charge in [-0.25, -0.2) is 0 Å². The second-order valence-corrected chi connectivity index (χ2v) is 6.74. The number of carboxylic acid groups (broad SMARTS) is 1. The van der Waals surface area contributed by atoms with E-state index in [0.29, 0.717) is 6.42 Å². The molecule has 1 saturated heterocycles. The van der Waals surface area contributed by atoms with Crippen molar-refractivity contribution in [3.05, 3.63) is 0 Å². The Kier molecular flexibility index (Phi) is 5.44. The van der Waals surface area contributed by atoms with Gasteiger partial charge in [-0.2, -0.15) is 0 Å². The normalized spacial score (nSPS) is 19.9. The number of nitrogens with one attached hydrogen (secondary N) is 1. The van der Waals surface area contributed by atoms with E-state index < -0.39 is 11.4 Å². The highest BCUT2D eigenvalue weighted by molar-refractivity contribution is 8.00. The molecule has 2 N–H and O–H groups in total. The van der Waals surface area contributed by atoms with Crippen LogP contribution in [-0.4, -0.2) is 58.3 Å². The first kappa shape index (κ1) is 16.8. The minimum atomic E-state index is -0.965. The predicted octanol–water partition coefficient (Wildman–Crippen LogP) is 0.240. The van der Waals surface area contributed by atoms with E-state index in [0.717, 1.165) is 37.4 Å². The standard InChI is InChI=1S/C14H20N2O5S/c17-10(8-22-9-12(19)20)15-5-6-16-11(18)7-14(13(16)21)3-1-2-4-14/h1-9H2,(H,15,17)(H,19,20). The smallest absolute Gasteiger partial charge is 0.313 e. The Morgan fingerprint density at radius 2 is 1.91 bits per heavy atom.